The van der Waals surface area contributed by atoms with E-state index in [-0.39, 0.29) is 5.82 Å². The minimum Gasteiger partial charge on any atom is -0.337 e. The Labute approximate surface area is 127 Å². The van der Waals surface area contributed by atoms with Crippen LogP contribution in [0, 0.1) is 31.0 Å². The van der Waals surface area contributed by atoms with Gasteiger partial charge in [-0.2, -0.15) is 5.26 Å². The van der Waals surface area contributed by atoms with Crippen LogP contribution in [0.4, 0.5) is 4.39 Å². The van der Waals surface area contributed by atoms with Gasteiger partial charge in [0, 0.05) is 5.56 Å². The molecule has 1 heterocycles. The monoisotopic (exact) mass is 291 g/mol. The van der Waals surface area contributed by atoms with Crippen LogP contribution in [0.2, 0.25) is 0 Å². The van der Waals surface area contributed by atoms with Gasteiger partial charge in [-0.3, -0.25) is 0 Å². The van der Waals surface area contributed by atoms with E-state index in [4.69, 9.17) is 0 Å². The van der Waals surface area contributed by atoms with E-state index in [0.29, 0.717) is 17.0 Å². The van der Waals surface area contributed by atoms with Gasteiger partial charge in [-0.05, 0) is 49.2 Å². The summed E-state index contributed by atoms with van der Waals surface area (Å²) in [4.78, 5) is 7.57. The SMILES string of the molecule is Cc1cc2nc(/C(C#N)=C/c3ccccc3F)[nH]c2cc1C. The van der Waals surface area contributed by atoms with Crippen molar-refractivity contribution in [3.05, 3.63) is 64.7 Å². The second-order valence-corrected chi connectivity index (χ2v) is 5.23. The molecule has 0 aliphatic carbocycles. The fourth-order valence-corrected chi connectivity index (χ4v) is 2.30. The van der Waals surface area contributed by atoms with E-state index in [2.05, 4.69) is 16.0 Å². The highest BCUT2D eigenvalue weighted by Gasteiger charge is 2.10. The Bertz CT molecular complexity index is 890. The Balaban J connectivity index is 2.12. The maximum atomic E-state index is 13.7. The van der Waals surface area contributed by atoms with Crippen molar-refractivity contribution >= 4 is 22.7 Å². The molecule has 0 saturated carbocycles. The molecule has 0 saturated heterocycles. The topological polar surface area (TPSA) is 52.5 Å². The summed E-state index contributed by atoms with van der Waals surface area (Å²) in [5.74, 6) is 0.0869. The lowest BCUT2D eigenvalue weighted by molar-refractivity contribution is 0.625. The maximum Gasteiger partial charge on any atom is 0.149 e. The van der Waals surface area contributed by atoms with Crippen molar-refractivity contribution in [3.8, 4) is 6.07 Å². The van der Waals surface area contributed by atoms with Crippen LogP contribution >= 0.6 is 0 Å². The van der Waals surface area contributed by atoms with Gasteiger partial charge in [0.1, 0.15) is 17.7 Å². The molecule has 1 aromatic heterocycles. The molecule has 0 aliphatic heterocycles. The summed E-state index contributed by atoms with van der Waals surface area (Å²) in [5, 5.41) is 9.37. The molecule has 0 aliphatic rings. The molecular weight excluding hydrogens is 277 g/mol. The first-order valence-corrected chi connectivity index (χ1v) is 6.92. The molecule has 2 aromatic carbocycles. The predicted molar refractivity (Wildman–Crippen MR) is 85.5 cm³/mol. The number of benzene rings is 2. The number of rotatable bonds is 2. The Hall–Kier alpha value is -2.93. The number of aromatic amines is 1. The first kappa shape index (κ1) is 14.0. The molecule has 0 fully saturated rings. The molecule has 108 valence electrons. The van der Waals surface area contributed by atoms with Gasteiger partial charge < -0.3 is 4.98 Å². The van der Waals surface area contributed by atoms with Crippen LogP contribution in [0.3, 0.4) is 0 Å². The van der Waals surface area contributed by atoms with Crippen LogP contribution in [0.1, 0.15) is 22.5 Å². The third-order valence-corrected chi connectivity index (χ3v) is 3.68. The molecule has 3 aromatic rings. The Morgan fingerprint density at radius 1 is 1.23 bits per heavy atom. The highest BCUT2D eigenvalue weighted by atomic mass is 19.1. The summed E-state index contributed by atoms with van der Waals surface area (Å²) >= 11 is 0. The van der Waals surface area contributed by atoms with E-state index in [0.717, 1.165) is 22.2 Å². The minimum absolute atomic E-state index is 0.302. The fraction of sp³-hybridized carbons (Fsp3) is 0.111. The third kappa shape index (κ3) is 2.49. The highest BCUT2D eigenvalue weighted by molar-refractivity contribution is 5.90. The van der Waals surface area contributed by atoms with Gasteiger partial charge in [0.2, 0.25) is 0 Å². The summed E-state index contributed by atoms with van der Waals surface area (Å²) in [7, 11) is 0. The Kier molecular flexibility index (Phi) is 3.48. The van der Waals surface area contributed by atoms with Crippen molar-refractivity contribution in [2.24, 2.45) is 0 Å². The summed E-state index contributed by atoms with van der Waals surface area (Å²) in [5.41, 5.74) is 4.63. The van der Waals surface area contributed by atoms with Gasteiger partial charge >= 0.3 is 0 Å². The predicted octanol–water partition coefficient (Wildman–Crippen LogP) is 4.38. The number of imidazole rings is 1. The summed E-state index contributed by atoms with van der Waals surface area (Å²) in [6.07, 6.45) is 1.51. The molecular formula is C18H14FN3. The summed E-state index contributed by atoms with van der Waals surface area (Å²) in [6, 6.07) is 12.4. The average Bonchev–Trinajstić information content (AvgIpc) is 2.89. The number of halogens is 1. The van der Waals surface area contributed by atoms with Crippen molar-refractivity contribution < 1.29 is 4.39 Å². The van der Waals surface area contributed by atoms with Crippen LogP contribution in [0.25, 0.3) is 22.7 Å². The van der Waals surface area contributed by atoms with Gasteiger partial charge in [-0.15, -0.1) is 0 Å². The molecule has 0 radical (unpaired) electrons. The molecule has 0 unspecified atom stereocenters. The van der Waals surface area contributed by atoms with Gasteiger partial charge in [0.25, 0.3) is 0 Å². The van der Waals surface area contributed by atoms with Crippen molar-refractivity contribution in [1.82, 2.24) is 9.97 Å². The zero-order valence-electron chi connectivity index (χ0n) is 12.3. The first-order valence-electron chi connectivity index (χ1n) is 6.92. The van der Waals surface area contributed by atoms with Crippen LogP contribution in [0.15, 0.2) is 36.4 Å². The van der Waals surface area contributed by atoms with Crippen molar-refractivity contribution in [3.63, 3.8) is 0 Å². The quantitative estimate of drug-likeness (QED) is 0.712. The lowest BCUT2D eigenvalue weighted by atomic mass is 10.1. The summed E-state index contributed by atoms with van der Waals surface area (Å²) in [6.45, 7) is 4.04. The number of H-pyrrole nitrogens is 1. The number of aromatic nitrogens is 2. The summed E-state index contributed by atoms with van der Waals surface area (Å²) < 4.78 is 13.7. The number of aryl methyl sites for hydroxylation is 2. The minimum atomic E-state index is -0.363. The number of nitriles is 1. The molecule has 0 bridgehead atoms. The molecule has 0 amide bonds. The van der Waals surface area contributed by atoms with Gasteiger partial charge in [0.15, 0.2) is 0 Å². The van der Waals surface area contributed by atoms with E-state index in [1.54, 1.807) is 18.2 Å². The maximum absolute atomic E-state index is 13.7. The van der Waals surface area contributed by atoms with Crippen LogP contribution in [-0.4, -0.2) is 9.97 Å². The molecule has 1 N–H and O–H groups in total. The van der Waals surface area contributed by atoms with Crippen LogP contribution in [-0.2, 0) is 0 Å². The molecule has 22 heavy (non-hydrogen) atoms. The third-order valence-electron chi connectivity index (χ3n) is 3.68. The Morgan fingerprint density at radius 2 is 1.95 bits per heavy atom. The number of hydrogen-bond donors (Lipinski definition) is 1. The highest BCUT2D eigenvalue weighted by Crippen LogP contribution is 2.22. The zero-order chi connectivity index (χ0) is 15.7. The number of hydrogen-bond acceptors (Lipinski definition) is 2. The fourth-order valence-electron chi connectivity index (χ4n) is 2.30. The number of allylic oxidation sites excluding steroid dienone is 1. The van der Waals surface area contributed by atoms with E-state index < -0.39 is 0 Å². The Morgan fingerprint density at radius 3 is 2.68 bits per heavy atom. The van der Waals surface area contributed by atoms with E-state index in [9.17, 15) is 9.65 Å². The van der Waals surface area contributed by atoms with Crippen molar-refractivity contribution in [1.29, 1.82) is 5.26 Å². The molecule has 3 nitrogen and oxygen atoms in total. The molecule has 4 heteroatoms. The van der Waals surface area contributed by atoms with E-state index in [1.165, 1.54) is 12.1 Å². The number of nitrogens with zero attached hydrogens (tertiary/aromatic N) is 2. The van der Waals surface area contributed by atoms with Gasteiger partial charge in [0.05, 0.1) is 16.6 Å². The number of fused-ring (bicyclic) bond motifs is 1. The van der Waals surface area contributed by atoms with Crippen LogP contribution < -0.4 is 0 Å². The molecule has 0 spiro atoms. The first-order chi connectivity index (χ1) is 10.6. The van der Waals surface area contributed by atoms with Crippen molar-refractivity contribution in [2.45, 2.75) is 13.8 Å². The van der Waals surface area contributed by atoms with Crippen LogP contribution in [0.5, 0.6) is 0 Å². The lowest BCUT2D eigenvalue weighted by Crippen LogP contribution is -1.87. The lowest BCUT2D eigenvalue weighted by Gasteiger charge is -1.97. The molecule has 0 atom stereocenters. The van der Waals surface area contributed by atoms with E-state index in [1.807, 2.05) is 26.0 Å². The second kappa shape index (κ2) is 5.45. The number of nitrogens with one attached hydrogen (secondary N) is 1. The average molecular weight is 291 g/mol. The van der Waals surface area contributed by atoms with Gasteiger partial charge in [-0.25, -0.2) is 9.37 Å². The van der Waals surface area contributed by atoms with E-state index >= 15 is 0 Å². The van der Waals surface area contributed by atoms with Crippen molar-refractivity contribution in [2.75, 3.05) is 0 Å². The van der Waals surface area contributed by atoms with Gasteiger partial charge in [-0.1, -0.05) is 18.2 Å². The standard InChI is InChI=1S/C18H14FN3/c1-11-7-16-17(8-12(11)2)22-18(21-16)14(10-20)9-13-5-3-4-6-15(13)19/h3-9H,1-2H3,(H,21,22)/b14-9+. The largest absolute Gasteiger partial charge is 0.337 e. The second-order valence-electron chi connectivity index (χ2n) is 5.23. The zero-order valence-corrected chi connectivity index (χ0v) is 12.3. The normalized spacial score (nSPS) is 11.6. The smallest absolute Gasteiger partial charge is 0.149 e. The molecule has 3 rings (SSSR count).